The first-order chi connectivity index (χ1) is 29.2. The number of nitrogens with zero attached hydrogens (tertiary/aromatic N) is 1. The molecule has 1 heterocycles. The number of carboxylic acids is 1. The maximum Gasteiger partial charge on any atom is 0.326 e. The maximum atomic E-state index is 14.7. The first-order valence-electron chi connectivity index (χ1n) is 19.7. The molecule has 1 aliphatic heterocycles. The molecule has 4 amide bonds. The van der Waals surface area contributed by atoms with Crippen molar-refractivity contribution in [2.75, 3.05) is 39.9 Å². The Morgan fingerprint density at radius 1 is 0.852 bits per heavy atom. The fourth-order valence-corrected chi connectivity index (χ4v) is 6.95. The van der Waals surface area contributed by atoms with Crippen LogP contribution < -0.4 is 54.1 Å². The number of carboxylic acid groups (broad SMARTS) is 1. The van der Waals surface area contributed by atoms with Crippen LogP contribution >= 0.6 is 11.6 Å². The van der Waals surface area contributed by atoms with E-state index in [0.29, 0.717) is 52.6 Å². The molecule has 18 heteroatoms. The Morgan fingerprint density at radius 2 is 1.44 bits per heavy atom. The monoisotopic (exact) mass is 857 g/mol. The lowest BCUT2D eigenvalue weighted by molar-refractivity contribution is -0.149. The van der Waals surface area contributed by atoms with Crippen molar-refractivity contribution in [1.29, 1.82) is 0 Å². The summed E-state index contributed by atoms with van der Waals surface area (Å²) in [5, 5.41) is 18.2. The summed E-state index contributed by atoms with van der Waals surface area (Å²) in [5.41, 5.74) is 31.5. The Bertz CT molecular complexity index is 2210. The van der Waals surface area contributed by atoms with Gasteiger partial charge in [0, 0.05) is 53.8 Å². The number of benzene rings is 4. The van der Waals surface area contributed by atoms with E-state index in [9.17, 15) is 29.1 Å². The molecule has 0 aliphatic carbocycles. The van der Waals surface area contributed by atoms with Crippen molar-refractivity contribution in [3.05, 3.63) is 107 Å². The Labute approximate surface area is 358 Å². The summed E-state index contributed by atoms with van der Waals surface area (Å²) < 4.78 is 12.0. The van der Waals surface area contributed by atoms with E-state index in [-0.39, 0.29) is 50.3 Å². The molecule has 0 spiro atoms. The van der Waals surface area contributed by atoms with Gasteiger partial charge in [-0.15, -0.1) is 0 Å². The molecule has 0 saturated heterocycles. The lowest BCUT2D eigenvalue weighted by Gasteiger charge is -2.40. The van der Waals surface area contributed by atoms with Crippen LogP contribution in [0.25, 0.3) is 22.3 Å². The fourth-order valence-electron chi connectivity index (χ4n) is 6.83. The van der Waals surface area contributed by atoms with Gasteiger partial charge in [0.15, 0.2) is 11.8 Å². The molecule has 0 fully saturated rings. The first kappa shape index (κ1) is 46.0. The Morgan fingerprint density at radius 3 is 2.03 bits per heavy atom. The molecule has 0 saturated carbocycles. The third kappa shape index (κ3) is 11.0. The van der Waals surface area contributed by atoms with Gasteiger partial charge in [0.1, 0.15) is 36.8 Å². The van der Waals surface area contributed by atoms with Crippen molar-refractivity contribution in [3.8, 4) is 33.8 Å². The van der Waals surface area contributed by atoms with Crippen LogP contribution in [0.1, 0.15) is 40.7 Å². The van der Waals surface area contributed by atoms with Gasteiger partial charge in [0.25, 0.3) is 17.7 Å². The average Bonchev–Trinajstić information content (AvgIpc) is 3.26. The van der Waals surface area contributed by atoms with Crippen molar-refractivity contribution in [2.24, 2.45) is 28.7 Å². The van der Waals surface area contributed by atoms with Crippen LogP contribution in [0.4, 0.5) is 0 Å². The highest BCUT2D eigenvalue weighted by Gasteiger charge is 2.46. The number of hydrogen-bond donors (Lipinski definition) is 9. The largest absolute Gasteiger partial charge is 0.492 e. The summed E-state index contributed by atoms with van der Waals surface area (Å²) in [6, 6.07) is 20.8. The molecule has 61 heavy (non-hydrogen) atoms. The number of rotatable bonds is 16. The number of ether oxygens (including phenoxy) is 2. The highest BCUT2D eigenvalue weighted by atomic mass is 35.5. The van der Waals surface area contributed by atoms with Crippen LogP contribution in [-0.2, 0) is 31.3 Å². The molecule has 0 radical (unpaired) electrons. The fraction of sp³-hybridized carbons (Fsp3) is 0.326. The molecular weight excluding hydrogens is 806 g/mol. The number of amides is 4. The van der Waals surface area contributed by atoms with Gasteiger partial charge in [-0.2, -0.15) is 0 Å². The van der Waals surface area contributed by atoms with E-state index in [0.717, 1.165) is 16.0 Å². The molecule has 1 aliphatic rings. The van der Waals surface area contributed by atoms with E-state index in [2.05, 4.69) is 16.0 Å². The molecule has 17 nitrogen and oxygen atoms in total. The molecule has 324 valence electrons. The highest BCUT2D eigenvalue weighted by molar-refractivity contribution is 6.30. The number of aliphatic carboxylic acids is 1. The first-order valence-corrected chi connectivity index (χ1v) is 20.1. The zero-order valence-corrected chi connectivity index (χ0v) is 34.5. The summed E-state index contributed by atoms with van der Waals surface area (Å²) in [6.07, 6.45) is -0.914. The minimum Gasteiger partial charge on any atom is -0.492 e. The number of likely N-dealkylation sites (N-methyl/N-ethyl adjacent to an activating group) is 1. The number of fused-ring (bicyclic) bond motifs is 5. The number of unbranched alkanes of at least 4 members (excludes halogenated alkanes) is 1. The number of carbonyl (C=O) groups excluding carboxylic acids is 4. The van der Waals surface area contributed by atoms with E-state index in [1.54, 1.807) is 60.7 Å². The summed E-state index contributed by atoms with van der Waals surface area (Å²) >= 11 is 6.05. The molecule has 0 aromatic heterocycles. The number of nitrogens with one attached hydrogen (secondary N) is 3. The van der Waals surface area contributed by atoms with Crippen LogP contribution in [0.5, 0.6) is 11.5 Å². The lowest BCUT2D eigenvalue weighted by atomic mass is 9.90. The smallest absolute Gasteiger partial charge is 0.326 e. The van der Waals surface area contributed by atoms with Crippen molar-refractivity contribution in [1.82, 2.24) is 20.9 Å². The summed E-state index contributed by atoms with van der Waals surface area (Å²) in [5.74, 6) is -4.20. The molecule has 4 aromatic rings. The van der Waals surface area contributed by atoms with Crippen LogP contribution in [-0.4, -0.2) is 97.7 Å². The molecule has 14 N–H and O–H groups in total. The SMILES string of the molecule is CN(C(=O)[C@H](CCCCN)NC(=O)c1ccc(-c2ccc(Cl)cc2)cc1)[C@]1(N)C(=O)N[C@@H](N)C(=O)N[C@H](C(=O)O)Cc2ccc(OCCN)c(c2)-c2cc1ccc2OCCN. The zero-order chi connectivity index (χ0) is 44.3. The summed E-state index contributed by atoms with van der Waals surface area (Å²) in [7, 11) is 1.29. The maximum absolute atomic E-state index is 14.7. The Balaban J connectivity index is 1.61. The van der Waals surface area contributed by atoms with Gasteiger partial charge < -0.3 is 58.4 Å². The molecule has 4 bridgehead atoms. The van der Waals surface area contributed by atoms with Crippen molar-refractivity contribution in [3.63, 3.8) is 0 Å². The predicted octanol–water partition coefficient (Wildman–Crippen LogP) is 1.37. The average molecular weight is 858 g/mol. The Hall–Kier alpha value is -6.08. The predicted molar refractivity (Wildman–Crippen MR) is 230 cm³/mol. The van der Waals surface area contributed by atoms with E-state index in [1.165, 1.54) is 19.2 Å². The van der Waals surface area contributed by atoms with Crippen LogP contribution in [0.3, 0.4) is 0 Å². The zero-order valence-electron chi connectivity index (χ0n) is 33.7. The topological polar surface area (TPSA) is 293 Å². The van der Waals surface area contributed by atoms with Crippen LogP contribution in [0.15, 0.2) is 84.9 Å². The van der Waals surface area contributed by atoms with Crippen LogP contribution in [0, 0.1) is 0 Å². The molecule has 5 rings (SSSR count). The van der Waals surface area contributed by atoms with E-state index in [4.69, 9.17) is 49.7 Å². The molecule has 0 unspecified atom stereocenters. The van der Waals surface area contributed by atoms with E-state index >= 15 is 0 Å². The lowest BCUT2D eigenvalue weighted by Crippen LogP contribution is -2.68. The third-order valence-electron chi connectivity index (χ3n) is 10.2. The minimum absolute atomic E-state index is 0.0454. The highest BCUT2D eigenvalue weighted by Crippen LogP contribution is 2.40. The van der Waals surface area contributed by atoms with E-state index < -0.39 is 53.5 Å². The second-order valence-electron chi connectivity index (χ2n) is 14.4. The second kappa shape index (κ2) is 20.9. The van der Waals surface area contributed by atoms with Crippen molar-refractivity contribution >= 4 is 41.2 Å². The van der Waals surface area contributed by atoms with Gasteiger partial charge >= 0.3 is 5.97 Å². The summed E-state index contributed by atoms with van der Waals surface area (Å²) in [6.45, 7) is 0.846. The van der Waals surface area contributed by atoms with Gasteiger partial charge in [0.2, 0.25) is 5.91 Å². The minimum atomic E-state index is -2.43. The van der Waals surface area contributed by atoms with Gasteiger partial charge in [-0.1, -0.05) is 48.0 Å². The van der Waals surface area contributed by atoms with Gasteiger partial charge in [0.05, 0.1) is 0 Å². The quantitative estimate of drug-likeness (QED) is 0.0569. The number of carbonyl (C=O) groups is 5. The standard InChI is InChI=1S/C43H52ClN9O8/c1-53(40(56)33(4-2-3-17-45)50-38(54)28-8-6-26(7-9-28)27-10-13-30(44)14-11-27)43(49)29-12-16-36(61-21-19-47)32(24-29)31-22-25(5-15-35(31)60-20-18-46)23-34(41(57)58)51-39(55)37(48)52-42(43)59/h5-16,22,24,33-34,37H,2-4,17-21,23,45-49H2,1H3,(H,50,54)(H,51,55)(H,52,59)(H,57,58)/t33-,34-,37+,43-/m0/s1. The normalized spacial score (nSPS) is 18.1. The van der Waals surface area contributed by atoms with Gasteiger partial charge in [-0.05, 0) is 91.0 Å². The Kier molecular flexibility index (Phi) is 15.8. The van der Waals surface area contributed by atoms with Gasteiger partial charge in [-0.25, -0.2) is 4.79 Å². The summed E-state index contributed by atoms with van der Waals surface area (Å²) in [4.78, 5) is 69.8. The van der Waals surface area contributed by atoms with Gasteiger partial charge in [-0.3, -0.25) is 24.9 Å². The van der Waals surface area contributed by atoms with Crippen molar-refractivity contribution in [2.45, 2.75) is 49.6 Å². The molecule has 4 aromatic carbocycles. The van der Waals surface area contributed by atoms with Crippen LogP contribution in [0.2, 0.25) is 5.02 Å². The van der Waals surface area contributed by atoms with E-state index in [1.807, 2.05) is 12.1 Å². The molecule has 4 atom stereocenters. The number of halogens is 1. The van der Waals surface area contributed by atoms with Crippen molar-refractivity contribution < 1.29 is 38.6 Å². The third-order valence-corrected chi connectivity index (χ3v) is 10.5. The number of hydrogen-bond acceptors (Lipinski definition) is 12. The molecular formula is C43H52ClN9O8. The second-order valence-corrected chi connectivity index (χ2v) is 14.9. The number of nitrogens with two attached hydrogens (primary N) is 5.